The first-order chi connectivity index (χ1) is 13.8. The maximum atomic E-state index is 12.7. The molecule has 29 heavy (non-hydrogen) atoms. The minimum atomic E-state index is -1.40. The van der Waals surface area contributed by atoms with E-state index in [1.54, 1.807) is 12.1 Å². The first kappa shape index (κ1) is 21.0. The summed E-state index contributed by atoms with van der Waals surface area (Å²) in [6, 6.07) is 3.16. The van der Waals surface area contributed by atoms with Gasteiger partial charge in [0.2, 0.25) is 11.8 Å². The summed E-state index contributed by atoms with van der Waals surface area (Å²) in [7, 11) is 1.50. The van der Waals surface area contributed by atoms with Crippen LogP contribution in [0, 0.1) is 0 Å². The number of piperidine rings is 1. The van der Waals surface area contributed by atoms with E-state index < -0.39 is 36.3 Å². The lowest BCUT2D eigenvalue weighted by Crippen LogP contribution is -2.67. The predicted molar refractivity (Wildman–Crippen MR) is 102 cm³/mol. The summed E-state index contributed by atoms with van der Waals surface area (Å²) < 4.78 is 5.31. The molecular formula is C19H22N3O6S-. The van der Waals surface area contributed by atoms with Crippen molar-refractivity contribution in [1.82, 2.24) is 15.5 Å². The van der Waals surface area contributed by atoms with Crippen LogP contribution >= 0.6 is 11.8 Å². The van der Waals surface area contributed by atoms with Gasteiger partial charge in [-0.2, -0.15) is 0 Å². The van der Waals surface area contributed by atoms with Gasteiger partial charge in [-0.3, -0.25) is 14.4 Å². The number of carboxylic acids is 1. The van der Waals surface area contributed by atoms with Crippen LogP contribution in [0.2, 0.25) is 0 Å². The molecule has 3 atom stereocenters. The van der Waals surface area contributed by atoms with Crippen molar-refractivity contribution in [3.8, 4) is 5.75 Å². The molecule has 1 aromatic carbocycles. The van der Waals surface area contributed by atoms with Crippen LogP contribution in [0.5, 0.6) is 5.75 Å². The Hall–Kier alpha value is -2.75. The van der Waals surface area contributed by atoms with E-state index in [4.69, 9.17) is 4.74 Å². The van der Waals surface area contributed by atoms with E-state index in [9.17, 15) is 24.3 Å². The molecule has 2 fully saturated rings. The Morgan fingerprint density at radius 2 is 2.14 bits per heavy atom. The number of amides is 3. The van der Waals surface area contributed by atoms with Crippen LogP contribution in [0.4, 0.5) is 0 Å². The Balaban J connectivity index is 1.67. The fourth-order valence-corrected chi connectivity index (χ4v) is 4.12. The number of carbonyl (C=O) groups excluding carboxylic acids is 4. The number of thioether (sulfide) groups is 1. The van der Waals surface area contributed by atoms with Crippen molar-refractivity contribution in [2.24, 2.45) is 0 Å². The fourth-order valence-electron chi connectivity index (χ4n) is 3.69. The van der Waals surface area contributed by atoms with Crippen molar-refractivity contribution in [3.63, 3.8) is 0 Å². The standard InChI is InChI=1S/C19H23N3O6S/c1-28-15-8-11(29-2)3-4-12(15)17(25)20-10-5-6-22-14(7-10)18(26)21-13(19(22)27)9-16(23)24/h3-4,8,10,13-14H,5-7,9H2,1-2H3,(H,20,25)(H,21,26)(H,23,24)/p-1/t10-,13+,14-/m0/s1. The maximum Gasteiger partial charge on any atom is 0.255 e. The van der Waals surface area contributed by atoms with Gasteiger partial charge in [0.25, 0.3) is 5.91 Å². The summed E-state index contributed by atoms with van der Waals surface area (Å²) in [5.74, 6) is -2.10. The number of carbonyl (C=O) groups is 4. The minimum Gasteiger partial charge on any atom is -0.550 e. The summed E-state index contributed by atoms with van der Waals surface area (Å²) >= 11 is 1.54. The van der Waals surface area contributed by atoms with Crippen LogP contribution in [0.3, 0.4) is 0 Å². The zero-order valence-electron chi connectivity index (χ0n) is 16.1. The minimum absolute atomic E-state index is 0.257. The number of benzene rings is 1. The van der Waals surface area contributed by atoms with Crippen molar-refractivity contribution in [1.29, 1.82) is 0 Å². The average Bonchev–Trinajstić information content (AvgIpc) is 2.70. The highest BCUT2D eigenvalue weighted by atomic mass is 32.2. The second-order valence-electron chi connectivity index (χ2n) is 6.95. The number of methoxy groups -OCH3 is 1. The molecule has 0 radical (unpaired) electrons. The van der Waals surface area contributed by atoms with Crippen molar-refractivity contribution >= 4 is 35.5 Å². The highest BCUT2D eigenvalue weighted by Gasteiger charge is 2.44. The fraction of sp³-hybridized carbons (Fsp3) is 0.474. The second-order valence-corrected chi connectivity index (χ2v) is 7.83. The van der Waals surface area contributed by atoms with Crippen LogP contribution in [0.25, 0.3) is 0 Å². The van der Waals surface area contributed by atoms with Gasteiger partial charge in [-0.25, -0.2) is 0 Å². The quantitative estimate of drug-likeness (QED) is 0.574. The Kier molecular flexibility index (Phi) is 6.31. The number of piperazine rings is 1. The SMILES string of the molecule is COc1cc(SC)ccc1C(=O)N[C@H]1CCN2C(=O)[C@@H](CC(=O)[O-])NC(=O)[C@@H]2C1. The van der Waals surface area contributed by atoms with Crippen molar-refractivity contribution in [2.45, 2.75) is 42.3 Å². The molecule has 2 saturated heterocycles. The van der Waals surface area contributed by atoms with Crippen molar-refractivity contribution < 1.29 is 29.0 Å². The molecule has 2 aliphatic heterocycles. The first-order valence-electron chi connectivity index (χ1n) is 9.17. The van der Waals surface area contributed by atoms with Gasteiger partial charge < -0.3 is 30.2 Å². The molecule has 1 aromatic rings. The van der Waals surface area contributed by atoms with Crippen LogP contribution in [0.15, 0.2) is 23.1 Å². The molecule has 3 amide bonds. The zero-order valence-corrected chi connectivity index (χ0v) is 16.9. The predicted octanol–water partition coefficient (Wildman–Crippen LogP) is -0.855. The molecule has 0 spiro atoms. The number of aliphatic carboxylic acids is 1. The summed E-state index contributed by atoms with van der Waals surface area (Å²) in [4.78, 5) is 50.7. The molecule has 2 N–H and O–H groups in total. The van der Waals surface area contributed by atoms with E-state index in [2.05, 4.69) is 10.6 Å². The zero-order chi connectivity index (χ0) is 21.1. The molecule has 3 rings (SSSR count). The molecule has 156 valence electrons. The number of fused-ring (bicyclic) bond motifs is 1. The lowest BCUT2D eigenvalue weighted by atomic mass is 9.92. The van der Waals surface area contributed by atoms with Gasteiger partial charge in [0.05, 0.1) is 12.7 Å². The largest absolute Gasteiger partial charge is 0.550 e. The highest BCUT2D eigenvalue weighted by molar-refractivity contribution is 7.98. The number of rotatable bonds is 6. The number of carboxylic acid groups (broad SMARTS) is 1. The number of nitrogens with one attached hydrogen (secondary N) is 2. The smallest absolute Gasteiger partial charge is 0.255 e. The summed E-state index contributed by atoms with van der Waals surface area (Å²) in [5.41, 5.74) is 0.394. The maximum absolute atomic E-state index is 12.7. The molecule has 0 aliphatic carbocycles. The van der Waals surface area contributed by atoms with Crippen molar-refractivity contribution in [3.05, 3.63) is 23.8 Å². The first-order valence-corrected chi connectivity index (χ1v) is 10.4. The van der Waals surface area contributed by atoms with Gasteiger partial charge >= 0.3 is 0 Å². The monoisotopic (exact) mass is 420 g/mol. The Labute approximate surface area is 172 Å². The lowest BCUT2D eigenvalue weighted by Gasteiger charge is -2.44. The van der Waals surface area contributed by atoms with Gasteiger partial charge in [-0.15, -0.1) is 11.8 Å². The molecule has 0 aromatic heterocycles. The number of hydrogen-bond donors (Lipinski definition) is 2. The topological polar surface area (TPSA) is 128 Å². The Bertz CT molecular complexity index is 845. The van der Waals surface area contributed by atoms with Gasteiger partial charge in [-0.05, 0) is 37.3 Å². The van der Waals surface area contributed by atoms with Crippen molar-refractivity contribution in [2.75, 3.05) is 19.9 Å². The lowest BCUT2D eigenvalue weighted by molar-refractivity contribution is -0.306. The Morgan fingerprint density at radius 3 is 2.79 bits per heavy atom. The van der Waals surface area contributed by atoms with E-state index in [0.29, 0.717) is 17.7 Å². The third-order valence-corrected chi connectivity index (χ3v) is 5.89. The molecule has 2 aliphatic rings. The summed E-state index contributed by atoms with van der Waals surface area (Å²) in [6.07, 6.45) is 2.09. The van der Waals surface area contributed by atoms with E-state index >= 15 is 0 Å². The normalized spacial score (nSPS) is 23.8. The second kappa shape index (κ2) is 8.73. The Morgan fingerprint density at radius 1 is 1.38 bits per heavy atom. The number of nitrogens with zero attached hydrogens (tertiary/aromatic N) is 1. The molecule has 0 saturated carbocycles. The van der Waals surface area contributed by atoms with Crippen LogP contribution in [-0.2, 0) is 14.4 Å². The average molecular weight is 420 g/mol. The van der Waals surface area contributed by atoms with Crippen LogP contribution in [-0.4, -0.2) is 66.6 Å². The van der Waals surface area contributed by atoms with Crippen LogP contribution < -0.4 is 20.5 Å². The third kappa shape index (κ3) is 4.47. The number of ether oxygens (including phenoxy) is 1. The van der Waals surface area contributed by atoms with Gasteiger partial charge in [0.15, 0.2) is 0 Å². The summed E-state index contributed by atoms with van der Waals surface area (Å²) in [5, 5.41) is 16.1. The van der Waals surface area contributed by atoms with Crippen LogP contribution in [0.1, 0.15) is 29.6 Å². The third-order valence-electron chi connectivity index (χ3n) is 5.16. The molecule has 9 nitrogen and oxygen atoms in total. The molecule has 2 heterocycles. The number of hydrogen-bond acceptors (Lipinski definition) is 7. The van der Waals surface area contributed by atoms with Gasteiger partial charge in [-0.1, -0.05) is 0 Å². The molecule has 0 unspecified atom stereocenters. The van der Waals surface area contributed by atoms with E-state index in [-0.39, 0.29) is 24.9 Å². The molecular weight excluding hydrogens is 398 g/mol. The highest BCUT2D eigenvalue weighted by Crippen LogP contribution is 2.27. The van der Waals surface area contributed by atoms with E-state index in [1.807, 2.05) is 12.3 Å². The summed E-state index contributed by atoms with van der Waals surface area (Å²) in [6.45, 7) is 0.258. The molecule has 0 bridgehead atoms. The van der Waals surface area contributed by atoms with Gasteiger partial charge in [0, 0.05) is 29.9 Å². The molecule has 10 heteroatoms. The van der Waals surface area contributed by atoms with Gasteiger partial charge in [0.1, 0.15) is 17.8 Å². The van der Waals surface area contributed by atoms with E-state index in [0.717, 1.165) is 4.90 Å². The van der Waals surface area contributed by atoms with E-state index in [1.165, 1.54) is 23.8 Å².